The lowest BCUT2D eigenvalue weighted by atomic mass is 10.1. The van der Waals surface area contributed by atoms with E-state index in [4.69, 9.17) is 5.73 Å². The molecule has 5 heteroatoms. The third kappa shape index (κ3) is 3.28. The number of rotatable bonds is 5. The number of hydrogen-bond acceptors (Lipinski definition) is 3. The molecule has 0 aromatic carbocycles. The zero-order valence-electron chi connectivity index (χ0n) is 12.0. The van der Waals surface area contributed by atoms with Gasteiger partial charge in [-0.3, -0.25) is 9.59 Å². The van der Waals surface area contributed by atoms with Crippen LogP contribution in [-0.4, -0.2) is 34.9 Å². The maximum atomic E-state index is 12.6. The summed E-state index contributed by atoms with van der Waals surface area (Å²) in [6, 6.07) is 1.73. The van der Waals surface area contributed by atoms with Crippen LogP contribution in [0, 0.1) is 6.92 Å². The smallest absolute Gasteiger partial charge is 0.259 e. The first-order chi connectivity index (χ1) is 9.63. The summed E-state index contributed by atoms with van der Waals surface area (Å²) in [7, 11) is 0. The SMILES string of the molecule is Cc1cc(=O)c(C(=O)N(CCCN)C2CCCC2)c[nH]1. The standard InChI is InChI=1S/C15H23N3O2/c1-11-9-14(19)13(10-17-11)15(20)18(8-4-7-16)12-5-2-3-6-12/h9-10,12H,2-8,16H2,1H3,(H,17,19). The quantitative estimate of drug-likeness (QED) is 0.854. The Balaban J connectivity index is 2.22. The van der Waals surface area contributed by atoms with Crippen LogP contribution in [0.5, 0.6) is 0 Å². The highest BCUT2D eigenvalue weighted by molar-refractivity contribution is 5.94. The molecule has 0 spiro atoms. The van der Waals surface area contributed by atoms with Gasteiger partial charge < -0.3 is 15.6 Å². The summed E-state index contributed by atoms with van der Waals surface area (Å²) >= 11 is 0. The number of H-pyrrole nitrogens is 1. The first-order valence-corrected chi connectivity index (χ1v) is 7.34. The zero-order valence-corrected chi connectivity index (χ0v) is 12.0. The van der Waals surface area contributed by atoms with Crippen LogP contribution < -0.4 is 11.2 Å². The number of nitrogens with one attached hydrogen (secondary N) is 1. The molecule has 1 heterocycles. The lowest BCUT2D eigenvalue weighted by Crippen LogP contribution is -2.42. The molecular formula is C15H23N3O2. The topological polar surface area (TPSA) is 79.2 Å². The van der Waals surface area contributed by atoms with Crippen LogP contribution in [0.2, 0.25) is 0 Å². The summed E-state index contributed by atoms with van der Waals surface area (Å²) in [4.78, 5) is 29.4. The van der Waals surface area contributed by atoms with Gasteiger partial charge in [0, 0.05) is 30.5 Å². The largest absolute Gasteiger partial charge is 0.364 e. The molecule has 0 radical (unpaired) electrons. The Labute approximate surface area is 119 Å². The van der Waals surface area contributed by atoms with Gasteiger partial charge in [-0.25, -0.2) is 0 Å². The molecule has 0 saturated heterocycles. The van der Waals surface area contributed by atoms with Gasteiger partial charge in [0.15, 0.2) is 5.43 Å². The molecule has 0 atom stereocenters. The Morgan fingerprint density at radius 3 is 2.75 bits per heavy atom. The number of pyridine rings is 1. The number of aryl methyl sites for hydroxylation is 1. The highest BCUT2D eigenvalue weighted by Crippen LogP contribution is 2.24. The second-order valence-electron chi connectivity index (χ2n) is 5.47. The maximum Gasteiger partial charge on any atom is 0.259 e. The Hall–Kier alpha value is -1.62. The van der Waals surface area contributed by atoms with Gasteiger partial charge in [-0.15, -0.1) is 0 Å². The van der Waals surface area contributed by atoms with Gasteiger partial charge in [-0.1, -0.05) is 12.8 Å². The number of nitrogens with zero attached hydrogens (tertiary/aromatic N) is 1. The van der Waals surface area contributed by atoms with Crippen molar-refractivity contribution in [1.82, 2.24) is 9.88 Å². The Kier molecular flexibility index (Phi) is 4.95. The molecule has 3 N–H and O–H groups in total. The van der Waals surface area contributed by atoms with E-state index in [1.165, 1.54) is 12.3 Å². The van der Waals surface area contributed by atoms with E-state index < -0.39 is 0 Å². The Bertz CT molecular complexity index is 518. The fourth-order valence-corrected chi connectivity index (χ4v) is 2.82. The van der Waals surface area contributed by atoms with E-state index in [1.54, 1.807) is 6.92 Å². The number of aromatic amines is 1. The minimum absolute atomic E-state index is 0.161. The van der Waals surface area contributed by atoms with Crippen LogP contribution >= 0.6 is 0 Å². The van der Waals surface area contributed by atoms with Gasteiger partial charge >= 0.3 is 0 Å². The fourth-order valence-electron chi connectivity index (χ4n) is 2.82. The van der Waals surface area contributed by atoms with Crippen LogP contribution in [0.25, 0.3) is 0 Å². The van der Waals surface area contributed by atoms with Crippen molar-refractivity contribution in [2.24, 2.45) is 5.73 Å². The summed E-state index contributed by atoms with van der Waals surface area (Å²) < 4.78 is 0. The number of hydrogen-bond donors (Lipinski definition) is 2. The van der Waals surface area contributed by atoms with Gasteiger partial charge in [-0.2, -0.15) is 0 Å². The van der Waals surface area contributed by atoms with Crippen LogP contribution in [0.4, 0.5) is 0 Å². The minimum Gasteiger partial charge on any atom is -0.364 e. The molecule has 110 valence electrons. The minimum atomic E-state index is -0.206. The Morgan fingerprint density at radius 2 is 2.15 bits per heavy atom. The van der Waals surface area contributed by atoms with Crippen molar-refractivity contribution in [1.29, 1.82) is 0 Å². The maximum absolute atomic E-state index is 12.6. The van der Waals surface area contributed by atoms with E-state index in [9.17, 15) is 9.59 Å². The summed E-state index contributed by atoms with van der Waals surface area (Å²) in [5, 5.41) is 0. The van der Waals surface area contributed by atoms with Gasteiger partial charge in [-0.05, 0) is 32.7 Å². The normalized spacial score (nSPS) is 15.5. The third-order valence-corrected chi connectivity index (χ3v) is 3.92. The second kappa shape index (κ2) is 6.70. The van der Waals surface area contributed by atoms with Crippen LogP contribution in [0.1, 0.15) is 48.2 Å². The van der Waals surface area contributed by atoms with Crippen LogP contribution in [0.15, 0.2) is 17.1 Å². The predicted molar refractivity (Wildman–Crippen MR) is 78.8 cm³/mol. The molecule has 1 aromatic heterocycles. The third-order valence-electron chi connectivity index (χ3n) is 3.92. The van der Waals surface area contributed by atoms with E-state index in [0.29, 0.717) is 13.1 Å². The van der Waals surface area contributed by atoms with Gasteiger partial charge in [0.1, 0.15) is 5.56 Å². The van der Waals surface area contributed by atoms with Crippen molar-refractivity contribution in [3.63, 3.8) is 0 Å². The number of aromatic nitrogens is 1. The van der Waals surface area contributed by atoms with Crippen molar-refractivity contribution in [2.75, 3.05) is 13.1 Å². The number of nitrogens with two attached hydrogens (primary N) is 1. The van der Waals surface area contributed by atoms with Crippen molar-refractivity contribution < 1.29 is 4.79 Å². The molecule has 1 amide bonds. The lowest BCUT2D eigenvalue weighted by molar-refractivity contribution is 0.0678. The van der Waals surface area contributed by atoms with Crippen molar-refractivity contribution in [3.05, 3.63) is 33.7 Å². The molecule has 0 aliphatic heterocycles. The molecular weight excluding hydrogens is 254 g/mol. The fraction of sp³-hybridized carbons (Fsp3) is 0.600. The highest BCUT2D eigenvalue weighted by atomic mass is 16.2. The molecule has 1 aliphatic carbocycles. The zero-order chi connectivity index (χ0) is 14.5. The van der Waals surface area contributed by atoms with E-state index in [0.717, 1.165) is 37.8 Å². The monoisotopic (exact) mass is 277 g/mol. The summed E-state index contributed by atoms with van der Waals surface area (Å²) in [5.41, 5.74) is 6.35. The van der Waals surface area contributed by atoms with Gasteiger partial charge in [0.25, 0.3) is 5.91 Å². The first kappa shape index (κ1) is 14.8. The molecule has 0 bridgehead atoms. The average molecular weight is 277 g/mol. The molecule has 5 nitrogen and oxygen atoms in total. The van der Waals surface area contributed by atoms with Crippen LogP contribution in [-0.2, 0) is 0 Å². The van der Waals surface area contributed by atoms with E-state index >= 15 is 0 Å². The molecule has 0 unspecified atom stereocenters. The molecule has 1 fully saturated rings. The lowest BCUT2D eigenvalue weighted by Gasteiger charge is -2.28. The van der Waals surface area contributed by atoms with Gasteiger partial charge in [0.05, 0.1) is 0 Å². The number of amides is 1. The molecule has 20 heavy (non-hydrogen) atoms. The average Bonchev–Trinajstić information content (AvgIpc) is 2.93. The van der Waals surface area contributed by atoms with E-state index in [-0.39, 0.29) is 22.9 Å². The molecule has 1 aliphatic rings. The van der Waals surface area contributed by atoms with Crippen molar-refractivity contribution in [2.45, 2.75) is 45.1 Å². The molecule has 1 aromatic rings. The first-order valence-electron chi connectivity index (χ1n) is 7.34. The van der Waals surface area contributed by atoms with Gasteiger partial charge in [0.2, 0.25) is 0 Å². The Morgan fingerprint density at radius 1 is 1.45 bits per heavy atom. The van der Waals surface area contributed by atoms with Crippen molar-refractivity contribution >= 4 is 5.91 Å². The highest BCUT2D eigenvalue weighted by Gasteiger charge is 2.28. The summed E-state index contributed by atoms with van der Waals surface area (Å²) in [6.07, 6.45) is 6.67. The second-order valence-corrected chi connectivity index (χ2v) is 5.47. The summed E-state index contributed by atoms with van der Waals surface area (Å²) in [5.74, 6) is -0.161. The molecule has 1 saturated carbocycles. The van der Waals surface area contributed by atoms with Crippen LogP contribution in [0.3, 0.4) is 0 Å². The van der Waals surface area contributed by atoms with E-state index in [2.05, 4.69) is 4.98 Å². The summed E-state index contributed by atoms with van der Waals surface area (Å²) in [6.45, 7) is 2.99. The van der Waals surface area contributed by atoms with E-state index in [1.807, 2.05) is 4.90 Å². The number of carbonyl (C=O) groups is 1. The number of carbonyl (C=O) groups excluding carboxylic acids is 1. The van der Waals surface area contributed by atoms with Crippen molar-refractivity contribution in [3.8, 4) is 0 Å². The predicted octanol–water partition coefficient (Wildman–Crippen LogP) is 1.42. The molecule has 2 rings (SSSR count).